The van der Waals surface area contributed by atoms with E-state index in [1.165, 1.54) is 5.56 Å². The van der Waals surface area contributed by atoms with Gasteiger partial charge in [-0.1, -0.05) is 93.1 Å². The van der Waals surface area contributed by atoms with Gasteiger partial charge in [0.25, 0.3) is 0 Å². The fraction of sp³-hybridized carbons (Fsp3) is 0.383. The second-order valence-electron chi connectivity index (χ2n) is 15.2. The van der Waals surface area contributed by atoms with Crippen LogP contribution < -0.4 is 30.7 Å². The molecule has 2 amide bonds. The molecule has 0 aliphatic carbocycles. The van der Waals surface area contributed by atoms with Crippen molar-refractivity contribution in [1.29, 1.82) is 0 Å². The molecule has 1 aliphatic heterocycles. The van der Waals surface area contributed by atoms with E-state index in [0.29, 0.717) is 80.6 Å². The van der Waals surface area contributed by atoms with Crippen LogP contribution >= 0.6 is 6.92 Å². The monoisotopic (exact) mass is 838 g/mol. The fourth-order valence-electron chi connectivity index (χ4n) is 6.96. The first-order valence-electron chi connectivity index (χ1n) is 20.7. The molecule has 0 fully saturated rings. The molecular weight excluding hydrogens is 780 g/mol. The molecule has 0 saturated heterocycles. The van der Waals surface area contributed by atoms with Crippen molar-refractivity contribution >= 4 is 53.6 Å². The number of nitrogens with zero attached hydrogens (tertiary/aromatic N) is 1. The Morgan fingerprint density at radius 1 is 0.780 bits per heavy atom. The normalized spacial score (nSPS) is 14.1. The van der Waals surface area contributed by atoms with Gasteiger partial charge in [-0.15, -0.1) is 0 Å². The lowest BCUT2D eigenvalue weighted by Gasteiger charge is -2.30. The molecule has 0 aromatic heterocycles. The number of hydrogen-bond donors (Lipinski definition) is 3. The van der Waals surface area contributed by atoms with Gasteiger partial charge in [0.1, 0.15) is 18.1 Å². The summed E-state index contributed by atoms with van der Waals surface area (Å²) in [6.45, 7) is 7.82. The van der Waals surface area contributed by atoms with Crippen molar-refractivity contribution < 1.29 is 28.4 Å². The summed E-state index contributed by atoms with van der Waals surface area (Å²) in [5, 5.41) is 6.52. The average molecular weight is 839 g/mol. The second-order valence-corrected chi connectivity index (χ2v) is 18.2. The lowest BCUT2D eigenvalue weighted by molar-refractivity contribution is -0.122. The zero-order valence-corrected chi connectivity index (χ0v) is 36.4. The van der Waals surface area contributed by atoms with Gasteiger partial charge in [-0.05, 0) is 98.3 Å². The summed E-state index contributed by atoms with van der Waals surface area (Å²) in [7, 11) is 0. The molecule has 12 heteroatoms. The lowest BCUT2D eigenvalue weighted by Crippen LogP contribution is -2.34. The third-order valence-corrected chi connectivity index (χ3v) is 10.9. The number of carbonyl (C=O) groups excluding carboxylic acids is 3. The van der Waals surface area contributed by atoms with Crippen LogP contribution in [0.15, 0.2) is 97.1 Å². The van der Waals surface area contributed by atoms with Gasteiger partial charge < -0.3 is 35.3 Å². The molecule has 4 aromatic rings. The number of rotatable bonds is 22. The van der Waals surface area contributed by atoms with Crippen LogP contribution in [0.25, 0.3) is 11.4 Å². The van der Waals surface area contributed by atoms with Crippen LogP contribution in [-0.2, 0) is 38.9 Å². The molecule has 314 valence electrons. The molecular formula is C47H59N4O6PS. The highest BCUT2D eigenvalue weighted by Gasteiger charge is 2.26. The molecule has 10 nitrogen and oxygen atoms in total. The van der Waals surface area contributed by atoms with Crippen LogP contribution in [0, 0.1) is 5.92 Å². The Kier molecular flexibility index (Phi) is 18.0. The summed E-state index contributed by atoms with van der Waals surface area (Å²) in [4.78, 5) is 40.9. The molecule has 1 aliphatic rings. The van der Waals surface area contributed by atoms with E-state index in [0.717, 1.165) is 66.8 Å². The van der Waals surface area contributed by atoms with Gasteiger partial charge in [-0.25, -0.2) is 4.79 Å². The maximum atomic E-state index is 13.8. The molecule has 0 saturated carbocycles. The van der Waals surface area contributed by atoms with Gasteiger partial charge >= 0.3 is 5.97 Å². The Hall–Kier alpha value is -4.96. The summed E-state index contributed by atoms with van der Waals surface area (Å²) >= 11 is 5.11. The topological polar surface area (TPSA) is 132 Å². The van der Waals surface area contributed by atoms with Crippen molar-refractivity contribution in [3.63, 3.8) is 0 Å². The number of carbonyl (C=O) groups is 3. The first kappa shape index (κ1) is 45.1. The van der Waals surface area contributed by atoms with E-state index >= 15 is 0 Å². The number of nitrogens with one attached hydrogen (secondary N) is 2. The molecule has 1 unspecified atom stereocenters. The Balaban J connectivity index is 1.12. The molecule has 0 radical (unpaired) electrons. The van der Waals surface area contributed by atoms with Crippen LogP contribution in [0.3, 0.4) is 0 Å². The standard InChI is InChI=1S/C47H59N4O6PS/c1-34(2)32-35-20-24-39(25-21-35)57-47(54)36-22-26-38(27-23-36)55-31-29-50-46-40-15-7-6-14-37(40)33-51(42-17-9-8-16-41(42)45(46)48)44(53)19-11-10-18-43(52)49-28-12-4-5-13-30-56-58(3)59/h6-9,14-17,20-27,34,50,58H,4-5,10-13,18-19,28-33,48H2,1-3H3,(H,49,52)/b46-45-. The molecule has 1 heterocycles. The van der Waals surface area contributed by atoms with E-state index in [4.69, 9.17) is 31.5 Å². The molecule has 0 spiro atoms. The number of anilines is 1. The number of nitrogens with two attached hydrogens (primary N) is 1. The number of esters is 1. The molecule has 1 atom stereocenters. The number of para-hydroxylation sites is 1. The Morgan fingerprint density at radius 3 is 2.20 bits per heavy atom. The van der Waals surface area contributed by atoms with Gasteiger partial charge in [0.2, 0.25) is 11.8 Å². The fourth-order valence-corrected chi connectivity index (χ4v) is 7.64. The Labute approximate surface area is 355 Å². The first-order valence-corrected chi connectivity index (χ1v) is 23.8. The number of fused-ring (bicyclic) bond motifs is 2. The smallest absolute Gasteiger partial charge is 0.343 e. The minimum atomic E-state index is -1.04. The predicted octanol–water partition coefficient (Wildman–Crippen LogP) is 8.88. The van der Waals surface area contributed by atoms with Gasteiger partial charge in [-0.2, -0.15) is 0 Å². The largest absolute Gasteiger partial charge is 0.492 e. The number of hydrogen-bond acceptors (Lipinski definition) is 9. The van der Waals surface area contributed by atoms with E-state index in [-0.39, 0.29) is 11.8 Å². The lowest BCUT2D eigenvalue weighted by atomic mass is 9.95. The third kappa shape index (κ3) is 14.4. The van der Waals surface area contributed by atoms with Crippen molar-refractivity contribution in [2.75, 3.05) is 37.9 Å². The van der Waals surface area contributed by atoms with E-state index in [1.807, 2.05) is 84.4 Å². The van der Waals surface area contributed by atoms with Gasteiger partial charge in [0, 0.05) is 37.1 Å². The summed E-state index contributed by atoms with van der Waals surface area (Å²) in [6.07, 6.45) is 6.96. The van der Waals surface area contributed by atoms with Crippen LogP contribution in [0.1, 0.15) is 97.8 Å². The van der Waals surface area contributed by atoms with Crippen LogP contribution in [-0.4, -0.2) is 50.8 Å². The van der Waals surface area contributed by atoms with E-state index in [2.05, 4.69) is 24.5 Å². The van der Waals surface area contributed by atoms with Crippen molar-refractivity contribution in [1.82, 2.24) is 10.6 Å². The first-order chi connectivity index (χ1) is 28.6. The average Bonchev–Trinajstić information content (AvgIpc) is 3.22. The second kappa shape index (κ2) is 23.6. The number of benzene rings is 4. The maximum absolute atomic E-state index is 13.8. The predicted molar refractivity (Wildman–Crippen MR) is 242 cm³/mol. The highest BCUT2D eigenvalue weighted by Crippen LogP contribution is 2.35. The third-order valence-electron chi connectivity index (χ3n) is 9.95. The number of ether oxygens (including phenoxy) is 2. The van der Waals surface area contributed by atoms with Crippen molar-refractivity contribution in [2.24, 2.45) is 11.7 Å². The minimum Gasteiger partial charge on any atom is -0.492 e. The molecule has 59 heavy (non-hydrogen) atoms. The summed E-state index contributed by atoms with van der Waals surface area (Å²) < 4.78 is 17.1. The van der Waals surface area contributed by atoms with Crippen molar-refractivity contribution in [3.05, 3.63) is 125 Å². The van der Waals surface area contributed by atoms with E-state index in [1.54, 1.807) is 24.3 Å². The SMILES string of the molecule is CC(C)Cc1ccc(OC(=O)c2ccc(OCCN/C3=C(\N)c4ccccc4N(C(=O)CCCCC(=O)NCCCCCCO[PH](C)=S)Cc4ccccc43)cc2)cc1. The zero-order chi connectivity index (χ0) is 42.0. The van der Waals surface area contributed by atoms with Crippen LogP contribution in [0.5, 0.6) is 11.5 Å². The van der Waals surface area contributed by atoms with Gasteiger partial charge in [0.05, 0.1) is 42.7 Å². The Bertz CT molecular complexity index is 2050. The Morgan fingerprint density at radius 2 is 1.46 bits per heavy atom. The van der Waals surface area contributed by atoms with E-state index < -0.39 is 12.9 Å². The summed E-state index contributed by atoms with van der Waals surface area (Å²) in [6, 6.07) is 30.2. The van der Waals surface area contributed by atoms with E-state index in [9.17, 15) is 14.4 Å². The number of unbranched alkanes of at least 4 members (excludes halogenated alkanes) is 4. The molecule has 5 rings (SSSR count). The highest BCUT2D eigenvalue weighted by atomic mass is 32.4. The van der Waals surface area contributed by atoms with Crippen molar-refractivity contribution in [3.8, 4) is 11.5 Å². The summed E-state index contributed by atoms with van der Waals surface area (Å²) in [5.74, 6) is 1.25. The molecule has 0 bridgehead atoms. The summed E-state index contributed by atoms with van der Waals surface area (Å²) in [5.41, 5.74) is 13.2. The van der Waals surface area contributed by atoms with Gasteiger partial charge in [0.15, 0.2) is 0 Å². The van der Waals surface area contributed by atoms with Crippen LogP contribution in [0.2, 0.25) is 0 Å². The van der Waals surface area contributed by atoms with Gasteiger partial charge in [-0.3, -0.25) is 9.59 Å². The quantitative estimate of drug-likeness (QED) is 0.0307. The van der Waals surface area contributed by atoms with Crippen molar-refractivity contribution in [2.45, 2.75) is 78.2 Å². The van der Waals surface area contributed by atoms with Crippen LogP contribution in [0.4, 0.5) is 5.69 Å². The number of amides is 2. The zero-order valence-electron chi connectivity index (χ0n) is 34.6. The molecule has 4 N–H and O–H groups in total. The minimum absolute atomic E-state index is 0.0170. The highest BCUT2D eigenvalue weighted by molar-refractivity contribution is 8.02. The molecule has 4 aromatic carbocycles. The maximum Gasteiger partial charge on any atom is 0.343 e.